The number of benzene rings is 1. The standard InChI is InChI=1S/C15H22ClNO2/c1-11(2)10-18-6-5-17-9-14-8-12-7-13(16)3-4-15(12)19-14/h3-4,7,11,14,17H,5-6,8-10H2,1-2H3. The summed E-state index contributed by atoms with van der Waals surface area (Å²) in [6.07, 6.45) is 1.13. The van der Waals surface area contributed by atoms with Crippen LogP contribution in [0.1, 0.15) is 19.4 Å². The first-order valence-electron chi connectivity index (χ1n) is 6.88. The second-order valence-corrected chi connectivity index (χ2v) is 5.81. The fourth-order valence-corrected chi connectivity index (χ4v) is 2.32. The Labute approximate surface area is 120 Å². The van der Waals surface area contributed by atoms with E-state index in [2.05, 4.69) is 19.2 Å². The van der Waals surface area contributed by atoms with E-state index in [0.29, 0.717) is 5.92 Å². The maximum Gasteiger partial charge on any atom is 0.123 e. The van der Waals surface area contributed by atoms with Crippen LogP contribution in [0.4, 0.5) is 0 Å². The van der Waals surface area contributed by atoms with Crippen LogP contribution >= 0.6 is 11.6 Å². The second kappa shape index (κ2) is 7.13. The van der Waals surface area contributed by atoms with Crippen LogP contribution in [0.2, 0.25) is 5.02 Å². The first-order chi connectivity index (χ1) is 9.15. The normalized spacial score (nSPS) is 17.6. The van der Waals surface area contributed by atoms with Gasteiger partial charge in [-0.2, -0.15) is 0 Å². The minimum atomic E-state index is 0.207. The van der Waals surface area contributed by atoms with Gasteiger partial charge in [-0.15, -0.1) is 0 Å². The van der Waals surface area contributed by atoms with Crippen molar-refractivity contribution in [3.8, 4) is 5.75 Å². The lowest BCUT2D eigenvalue weighted by Crippen LogP contribution is -2.32. The fraction of sp³-hybridized carbons (Fsp3) is 0.600. The highest BCUT2D eigenvalue weighted by atomic mass is 35.5. The van der Waals surface area contributed by atoms with Gasteiger partial charge in [-0.3, -0.25) is 0 Å². The summed E-state index contributed by atoms with van der Waals surface area (Å²) in [5.41, 5.74) is 1.20. The summed E-state index contributed by atoms with van der Waals surface area (Å²) in [4.78, 5) is 0. The van der Waals surface area contributed by atoms with Gasteiger partial charge >= 0.3 is 0 Å². The summed E-state index contributed by atoms with van der Waals surface area (Å²) in [6, 6.07) is 5.81. The molecular weight excluding hydrogens is 262 g/mol. The van der Waals surface area contributed by atoms with E-state index in [4.69, 9.17) is 21.1 Å². The van der Waals surface area contributed by atoms with Gasteiger partial charge in [0.25, 0.3) is 0 Å². The lowest BCUT2D eigenvalue weighted by molar-refractivity contribution is 0.109. The highest BCUT2D eigenvalue weighted by molar-refractivity contribution is 6.30. The van der Waals surface area contributed by atoms with Gasteiger partial charge in [0.15, 0.2) is 0 Å². The Hall–Kier alpha value is -0.770. The Bertz CT molecular complexity index is 409. The molecule has 1 aromatic rings. The van der Waals surface area contributed by atoms with Crippen LogP contribution in [0.25, 0.3) is 0 Å². The topological polar surface area (TPSA) is 30.5 Å². The summed E-state index contributed by atoms with van der Waals surface area (Å²) < 4.78 is 11.4. The molecule has 0 aromatic heterocycles. The Morgan fingerprint density at radius 2 is 2.32 bits per heavy atom. The third-order valence-electron chi connectivity index (χ3n) is 3.01. The van der Waals surface area contributed by atoms with Gasteiger partial charge < -0.3 is 14.8 Å². The lowest BCUT2D eigenvalue weighted by atomic mass is 10.1. The number of nitrogens with one attached hydrogen (secondary N) is 1. The van der Waals surface area contributed by atoms with Crippen molar-refractivity contribution in [3.63, 3.8) is 0 Å². The lowest BCUT2D eigenvalue weighted by Gasteiger charge is -2.12. The molecule has 1 heterocycles. The molecule has 3 nitrogen and oxygen atoms in total. The van der Waals surface area contributed by atoms with Gasteiger partial charge in [-0.05, 0) is 29.7 Å². The summed E-state index contributed by atoms with van der Waals surface area (Å²) >= 11 is 5.97. The Morgan fingerprint density at radius 3 is 3.11 bits per heavy atom. The molecule has 2 rings (SSSR count). The first kappa shape index (κ1) is 14.6. The van der Waals surface area contributed by atoms with Crippen molar-refractivity contribution < 1.29 is 9.47 Å². The summed E-state index contributed by atoms with van der Waals surface area (Å²) in [6.45, 7) is 7.60. The molecule has 1 atom stereocenters. The van der Waals surface area contributed by atoms with Gasteiger partial charge in [0.1, 0.15) is 11.9 Å². The molecule has 0 spiro atoms. The van der Waals surface area contributed by atoms with Crippen LogP contribution in [-0.4, -0.2) is 32.4 Å². The number of fused-ring (bicyclic) bond motifs is 1. The Balaban J connectivity index is 1.62. The van der Waals surface area contributed by atoms with Crippen LogP contribution in [0.5, 0.6) is 5.75 Å². The molecule has 19 heavy (non-hydrogen) atoms. The number of ether oxygens (including phenoxy) is 2. The minimum absolute atomic E-state index is 0.207. The molecule has 1 aliphatic rings. The molecule has 0 saturated heterocycles. The van der Waals surface area contributed by atoms with E-state index in [-0.39, 0.29) is 6.10 Å². The van der Waals surface area contributed by atoms with Crippen molar-refractivity contribution in [2.45, 2.75) is 26.4 Å². The van der Waals surface area contributed by atoms with Crippen LogP contribution in [-0.2, 0) is 11.2 Å². The molecular formula is C15H22ClNO2. The third-order valence-corrected chi connectivity index (χ3v) is 3.25. The largest absolute Gasteiger partial charge is 0.488 e. The molecule has 0 fully saturated rings. The van der Waals surface area contributed by atoms with Crippen molar-refractivity contribution in [3.05, 3.63) is 28.8 Å². The van der Waals surface area contributed by atoms with Crippen molar-refractivity contribution >= 4 is 11.6 Å². The molecule has 0 radical (unpaired) electrons. The van der Waals surface area contributed by atoms with E-state index in [1.807, 2.05) is 18.2 Å². The van der Waals surface area contributed by atoms with Gasteiger partial charge in [-0.1, -0.05) is 25.4 Å². The monoisotopic (exact) mass is 283 g/mol. The summed E-state index contributed by atoms with van der Waals surface area (Å²) in [5, 5.41) is 4.14. The van der Waals surface area contributed by atoms with Gasteiger partial charge in [0.05, 0.1) is 6.61 Å². The van der Waals surface area contributed by atoms with Crippen molar-refractivity contribution in [2.75, 3.05) is 26.3 Å². The van der Waals surface area contributed by atoms with Crippen LogP contribution in [0, 0.1) is 5.92 Å². The molecule has 1 N–H and O–H groups in total. The van der Waals surface area contributed by atoms with E-state index in [9.17, 15) is 0 Å². The Kier molecular flexibility index (Phi) is 5.49. The molecule has 1 aromatic carbocycles. The zero-order valence-electron chi connectivity index (χ0n) is 11.6. The van der Waals surface area contributed by atoms with Gasteiger partial charge in [0.2, 0.25) is 0 Å². The molecule has 4 heteroatoms. The second-order valence-electron chi connectivity index (χ2n) is 5.37. The van der Waals surface area contributed by atoms with Crippen molar-refractivity contribution in [1.82, 2.24) is 5.32 Å². The van der Waals surface area contributed by atoms with Crippen LogP contribution < -0.4 is 10.1 Å². The van der Waals surface area contributed by atoms with Crippen molar-refractivity contribution in [1.29, 1.82) is 0 Å². The maximum atomic E-state index is 5.97. The van der Waals surface area contributed by atoms with Crippen LogP contribution in [0.15, 0.2) is 18.2 Å². The van der Waals surface area contributed by atoms with E-state index in [1.54, 1.807) is 0 Å². The predicted octanol–water partition coefficient (Wildman–Crippen LogP) is 2.91. The highest BCUT2D eigenvalue weighted by Gasteiger charge is 2.22. The number of hydrogen-bond donors (Lipinski definition) is 1. The predicted molar refractivity (Wildman–Crippen MR) is 78.1 cm³/mol. The minimum Gasteiger partial charge on any atom is -0.488 e. The zero-order chi connectivity index (χ0) is 13.7. The summed E-state index contributed by atoms with van der Waals surface area (Å²) in [5.74, 6) is 1.56. The van der Waals surface area contributed by atoms with Crippen LogP contribution in [0.3, 0.4) is 0 Å². The third kappa shape index (κ3) is 4.68. The average molecular weight is 284 g/mol. The van der Waals surface area contributed by atoms with Gasteiger partial charge in [-0.25, -0.2) is 0 Å². The molecule has 1 unspecified atom stereocenters. The first-order valence-corrected chi connectivity index (χ1v) is 7.26. The SMILES string of the molecule is CC(C)COCCNCC1Cc2cc(Cl)ccc2O1. The maximum absolute atomic E-state index is 5.97. The quantitative estimate of drug-likeness (QED) is 0.781. The molecule has 0 saturated carbocycles. The van der Waals surface area contributed by atoms with E-state index in [0.717, 1.165) is 43.5 Å². The summed E-state index contributed by atoms with van der Waals surface area (Å²) in [7, 11) is 0. The van der Waals surface area contributed by atoms with E-state index >= 15 is 0 Å². The van der Waals surface area contributed by atoms with E-state index in [1.165, 1.54) is 5.56 Å². The fourth-order valence-electron chi connectivity index (χ4n) is 2.13. The molecule has 0 aliphatic carbocycles. The highest BCUT2D eigenvalue weighted by Crippen LogP contribution is 2.30. The number of halogens is 1. The van der Waals surface area contributed by atoms with Gasteiger partial charge in [0, 0.05) is 31.1 Å². The molecule has 1 aliphatic heterocycles. The molecule has 0 amide bonds. The van der Waals surface area contributed by atoms with E-state index < -0.39 is 0 Å². The zero-order valence-corrected chi connectivity index (χ0v) is 12.4. The number of rotatable bonds is 7. The Morgan fingerprint density at radius 1 is 1.47 bits per heavy atom. The van der Waals surface area contributed by atoms with Crippen molar-refractivity contribution in [2.24, 2.45) is 5.92 Å². The molecule has 106 valence electrons. The smallest absolute Gasteiger partial charge is 0.123 e. The number of hydrogen-bond acceptors (Lipinski definition) is 3. The molecule has 0 bridgehead atoms. The average Bonchev–Trinajstić information content (AvgIpc) is 2.75.